The monoisotopic (exact) mass is 359 g/mol. The first kappa shape index (κ1) is 18.7. The number of fused-ring (bicyclic) bond motifs is 1. The van der Waals surface area contributed by atoms with Crippen LogP contribution >= 0.6 is 0 Å². The molecule has 0 aromatic heterocycles. The summed E-state index contributed by atoms with van der Waals surface area (Å²) in [6, 6.07) is 12.5. The second kappa shape index (κ2) is 7.64. The topological polar surface area (TPSA) is 39.7 Å². The molecule has 1 N–H and O–H groups in total. The lowest BCUT2D eigenvalue weighted by molar-refractivity contribution is -0.148. The maximum atomic E-state index is 13.3. The van der Waals surface area contributed by atoms with E-state index in [0.717, 1.165) is 22.6 Å². The van der Waals surface area contributed by atoms with E-state index in [1.807, 2.05) is 45.0 Å². The normalized spacial score (nSPS) is 21.0. The lowest BCUT2D eigenvalue weighted by Gasteiger charge is -2.43. The Morgan fingerprint density at radius 1 is 1.19 bits per heavy atom. The van der Waals surface area contributed by atoms with Gasteiger partial charge in [0.05, 0.1) is 0 Å². The fourth-order valence-corrected chi connectivity index (χ4v) is 3.46. The molecule has 2 aromatic rings. The Morgan fingerprint density at radius 3 is 2.69 bits per heavy atom. The molecule has 4 nitrogen and oxygen atoms in total. The first-order valence-corrected chi connectivity index (χ1v) is 8.90. The van der Waals surface area contributed by atoms with Crippen molar-refractivity contribution in [2.75, 3.05) is 19.0 Å². The molecule has 0 saturated heterocycles. The van der Waals surface area contributed by atoms with Gasteiger partial charge < -0.3 is 19.5 Å². The molecule has 2 atom stereocenters. The predicted molar refractivity (Wildman–Crippen MR) is 100 cm³/mol. The maximum absolute atomic E-state index is 13.3. The first-order valence-electron chi connectivity index (χ1n) is 8.90. The van der Waals surface area contributed by atoms with Gasteiger partial charge in [-0.15, -0.1) is 0 Å². The third kappa shape index (κ3) is 3.84. The second-order valence-corrected chi connectivity index (χ2v) is 6.97. The Balaban J connectivity index is 1.85. The Bertz CT molecular complexity index is 763. The highest BCUT2D eigenvalue weighted by Gasteiger charge is 2.44. The summed E-state index contributed by atoms with van der Waals surface area (Å²) in [6.07, 6.45) is -0.423. The molecule has 0 saturated carbocycles. The molecule has 3 rings (SSSR count). The van der Waals surface area contributed by atoms with Gasteiger partial charge in [-0.2, -0.15) is 0 Å². The summed E-state index contributed by atoms with van der Waals surface area (Å²) in [5, 5.41) is 3.34. The van der Waals surface area contributed by atoms with E-state index in [0.29, 0.717) is 13.2 Å². The zero-order valence-electron chi connectivity index (χ0n) is 15.7. The number of hydrogen-bond acceptors (Lipinski definition) is 4. The van der Waals surface area contributed by atoms with Gasteiger partial charge in [0, 0.05) is 31.5 Å². The van der Waals surface area contributed by atoms with E-state index >= 15 is 0 Å². The third-order valence-electron chi connectivity index (χ3n) is 4.64. The van der Waals surface area contributed by atoms with E-state index in [1.54, 1.807) is 13.2 Å². The summed E-state index contributed by atoms with van der Waals surface area (Å²) in [5.74, 6) is 0.572. The number of halogens is 1. The van der Waals surface area contributed by atoms with Crippen LogP contribution in [-0.2, 0) is 16.0 Å². The summed E-state index contributed by atoms with van der Waals surface area (Å²) >= 11 is 0. The van der Waals surface area contributed by atoms with Crippen molar-refractivity contribution in [1.29, 1.82) is 0 Å². The number of ether oxygens (including phenoxy) is 3. The summed E-state index contributed by atoms with van der Waals surface area (Å²) in [5.41, 5.74) is 2.28. The number of nitrogens with one attached hydrogen (secondary N) is 1. The quantitative estimate of drug-likeness (QED) is 0.811. The average Bonchev–Trinajstić information content (AvgIpc) is 2.60. The Kier molecular flexibility index (Phi) is 5.49. The zero-order chi connectivity index (χ0) is 18.7. The lowest BCUT2D eigenvalue weighted by Crippen LogP contribution is -2.50. The van der Waals surface area contributed by atoms with Crippen LogP contribution in [0.3, 0.4) is 0 Å². The minimum Gasteiger partial charge on any atom is -0.485 e. The Morgan fingerprint density at radius 2 is 2.00 bits per heavy atom. The van der Waals surface area contributed by atoms with Crippen LogP contribution in [0.15, 0.2) is 42.5 Å². The molecule has 1 aliphatic heterocycles. The standard InChI is InChI=1S/C21H26FNO3/c1-5-25-19-17-12-16(23-13-14-7-6-8-15(22)11-14)9-10-18(17)26-21(2,3)20(19)24-4/h6-12,19-20,23H,5,13H2,1-4H3. The van der Waals surface area contributed by atoms with Gasteiger partial charge >= 0.3 is 0 Å². The highest BCUT2D eigenvalue weighted by molar-refractivity contribution is 5.53. The number of methoxy groups -OCH3 is 1. The van der Waals surface area contributed by atoms with E-state index < -0.39 is 5.60 Å². The molecular formula is C21H26FNO3. The number of rotatable bonds is 6. The molecule has 5 heteroatoms. The van der Waals surface area contributed by atoms with Crippen LogP contribution in [0.4, 0.5) is 10.1 Å². The lowest BCUT2D eigenvalue weighted by atomic mass is 9.88. The summed E-state index contributed by atoms with van der Waals surface area (Å²) < 4.78 is 31.2. The van der Waals surface area contributed by atoms with Crippen LogP contribution in [0.1, 0.15) is 38.0 Å². The predicted octanol–water partition coefficient (Wildman–Crippen LogP) is 4.70. The molecule has 140 valence electrons. The number of anilines is 1. The first-order chi connectivity index (χ1) is 12.4. The van der Waals surface area contributed by atoms with Gasteiger partial charge in [-0.05, 0) is 56.7 Å². The van der Waals surface area contributed by atoms with Crippen LogP contribution in [0.5, 0.6) is 5.75 Å². The molecule has 0 bridgehead atoms. The molecule has 1 aliphatic rings. The van der Waals surface area contributed by atoms with Crippen molar-refractivity contribution in [2.24, 2.45) is 0 Å². The van der Waals surface area contributed by atoms with E-state index in [9.17, 15) is 4.39 Å². The summed E-state index contributed by atoms with van der Waals surface area (Å²) in [6.45, 7) is 7.11. The Hall–Kier alpha value is -2.11. The summed E-state index contributed by atoms with van der Waals surface area (Å²) in [4.78, 5) is 0. The second-order valence-electron chi connectivity index (χ2n) is 6.97. The van der Waals surface area contributed by atoms with Crippen molar-refractivity contribution in [3.63, 3.8) is 0 Å². The molecule has 0 amide bonds. The van der Waals surface area contributed by atoms with Crippen LogP contribution < -0.4 is 10.1 Å². The molecular weight excluding hydrogens is 333 g/mol. The molecule has 0 fully saturated rings. The molecule has 0 aliphatic carbocycles. The van der Waals surface area contributed by atoms with Crippen molar-refractivity contribution in [3.05, 3.63) is 59.4 Å². The molecule has 2 unspecified atom stereocenters. The fraction of sp³-hybridized carbons (Fsp3) is 0.429. The summed E-state index contributed by atoms with van der Waals surface area (Å²) in [7, 11) is 1.68. The van der Waals surface area contributed by atoms with Crippen molar-refractivity contribution < 1.29 is 18.6 Å². The zero-order valence-corrected chi connectivity index (χ0v) is 15.7. The van der Waals surface area contributed by atoms with Crippen molar-refractivity contribution in [3.8, 4) is 5.75 Å². The van der Waals surface area contributed by atoms with Crippen LogP contribution in [0.25, 0.3) is 0 Å². The molecule has 2 aromatic carbocycles. The van der Waals surface area contributed by atoms with E-state index in [-0.39, 0.29) is 18.0 Å². The van der Waals surface area contributed by atoms with Gasteiger partial charge in [-0.1, -0.05) is 12.1 Å². The van der Waals surface area contributed by atoms with E-state index in [1.165, 1.54) is 12.1 Å². The van der Waals surface area contributed by atoms with E-state index in [2.05, 4.69) is 5.32 Å². The van der Waals surface area contributed by atoms with E-state index in [4.69, 9.17) is 14.2 Å². The SMILES string of the molecule is CCOC1c2cc(NCc3cccc(F)c3)ccc2OC(C)(C)C1OC. The largest absolute Gasteiger partial charge is 0.485 e. The van der Waals surface area contributed by atoms with Crippen LogP contribution in [0.2, 0.25) is 0 Å². The van der Waals surface area contributed by atoms with Gasteiger partial charge in [0.2, 0.25) is 0 Å². The molecule has 26 heavy (non-hydrogen) atoms. The van der Waals surface area contributed by atoms with Crippen LogP contribution in [-0.4, -0.2) is 25.4 Å². The third-order valence-corrected chi connectivity index (χ3v) is 4.64. The van der Waals surface area contributed by atoms with Crippen molar-refractivity contribution in [2.45, 2.75) is 45.1 Å². The molecule has 1 heterocycles. The highest BCUT2D eigenvalue weighted by Crippen LogP contribution is 2.44. The van der Waals surface area contributed by atoms with Crippen LogP contribution in [0, 0.1) is 5.82 Å². The van der Waals surface area contributed by atoms with Gasteiger partial charge in [-0.3, -0.25) is 0 Å². The fourth-order valence-electron chi connectivity index (χ4n) is 3.46. The molecule has 0 radical (unpaired) electrons. The number of hydrogen-bond donors (Lipinski definition) is 1. The number of benzene rings is 2. The highest BCUT2D eigenvalue weighted by atomic mass is 19.1. The van der Waals surface area contributed by atoms with Gasteiger partial charge in [0.1, 0.15) is 29.4 Å². The van der Waals surface area contributed by atoms with Gasteiger partial charge in [-0.25, -0.2) is 4.39 Å². The van der Waals surface area contributed by atoms with Crippen molar-refractivity contribution in [1.82, 2.24) is 0 Å². The maximum Gasteiger partial charge on any atom is 0.132 e. The molecule has 0 spiro atoms. The smallest absolute Gasteiger partial charge is 0.132 e. The average molecular weight is 359 g/mol. The van der Waals surface area contributed by atoms with Crippen molar-refractivity contribution >= 4 is 5.69 Å². The minimum atomic E-state index is -0.488. The van der Waals surface area contributed by atoms with Gasteiger partial charge in [0.15, 0.2) is 0 Å². The Labute approximate surface area is 154 Å². The van der Waals surface area contributed by atoms with Gasteiger partial charge in [0.25, 0.3) is 0 Å². The minimum absolute atomic E-state index is 0.209.